The summed E-state index contributed by atoms with van der Waals surface area (Å²) in [4.78, 5) is 106. The Morgan fingerprint density at radius 2 is 0.794 bits per heavy atom. The molecule has 31 nitrogen and oxygen atoms in total. The van der Waals surface area contributed by atoms with Gasteiger partial charge in [0.1, 0.15) is 28.1 Å². The lowest BCUT2D eigenvalue weighted by Crippen LogP contribution is -2.39. The Morgan fingerprint density at radius 3 is 1.16 bits per heavy atom. The summed E-state index contributed by atoms with van der Waals surface area (Å²) in [5, 5.41) is 52.1. The highest BCUT2D eigenvalue weighted by Gasteiger charge is 2.28. The van der Waals surface area contributed by atoms with E-state index in [0.717, 1.165) is 165 Å². The predicted octanol–water partition coefficient (Wildman–Crippen LogP) is 17.7. The summed E-state index contributed by atoms with van der Waals surface area (Å²) < 4.78 is 16.1. The lowest BCUT2D eigenvalue weighted by molar-refractivity contribution is -0.385. The Balaban J connectivity index is 0.000000197. The number of amides is 4. The highest BCUT2D eigenvalue weighted by Crippen LogP contribution is 2.36. The summed E-state index contributed by atoms with van der Waals surface area (Å²) in [7, 11) is 13.2. The van der Waals surface area contributed by atoms with Gasteiger partial charge < -0.3 is 79.8 Å². The van der Waals surface area contributed by atoms with E-state index in [-0.39, 0.29) is 75.6 Å². The lowest BCUT2D eigenvalue weighted by atomic mass is 10.0. The molecule has 0 radical (unpaired) electrons. The number of aryl methyl sites for hydroxylation is 5. The molecule has 0 saturated carbocycles. The van der Waals surface area contributed by atoms with Crippen LogP contribution in [0.1, 0.15) is 76.6 Å². The van der Waals surface area contributed by atoms with Gasteiger partial charge in [-0.3, -0.25) is 40.5 Å². The third kappa shape index (κ3) is 33.0. The van der Waals surface area contributed by atoms with Crippen LogP contribution in [-0.2, 0) is 36.9 Å². The Morgan fingerprint density at radius 1 is 0.458 bits per heavy atom. The van der Waals surface area contributed by atoms with Gasteiger partial charge in [0.25, 0.3) is 17.1 Å². The van der Waals surface area contributed by atoms with E-state index in [1.807, 2.05) is 133 Å². The van der Waals surface area contributed by atoms with E-state index in [0.29, 0.717) is 73.7 Å². The van der Waals surface area contributed by atoms with Gasteiger partial charge in [-0.1, -0.05) is 66.7 Å². The summed E-state index contributed by atoms with van der Waals surface area (Å²) in [6.07, 6.45) is 9.85. The van der Waals surface area contributed by atoms with Crippen LogP contribution in [0, 0.1) is 35.8 Å². The summed E-state index contributed by atoms with van der Waals surface area (Å²) in [5.74, 6) is 2.26. The molecule has 131 heavy (non-hydrogen) atoms. The first-order chi connectivity index (χ1) is 62.6. The second-order valence-electron chi connectivity index (χ2n) is 31.5. The lowest BCUT2D eigenvalue weighted by Gasteiger charge is -2.32. The largest absolute Gasteiger partial charge is 0.415 e. The van der Waals surface area contributed by atoms with Gasteiger partial charge in [-0.2, -0.15) is 0 Å². The number of anilines is 6. The fourth-order valence-corrected chi connectivity index (χ4v) is 16.5. The number of carbonyl (C=O) groups is 4. The van der Waals surface area contributed by atoms with Crippen molar-refractivity contribution in [1.82, 2.24) is 24.5 Å². The molecule has 698 valence electrons. The molecule has 0 spiro atoms. The van der Waals surface area contributed by atoms with Gasteiger partial charge in [0.15, 0.2) is 0 Å². The second-order valence-corrected chi connectivity index (χ2v) is 34.2. The van der Waals surface area contributed by atoms with Crippen molar-refractivity contribution < 1.29 is 53.3 Å². The van der Waals surface area contributed by atoms with E-state index in [4.69, 9.17) is 36.2 Å². The first-order valence-corrected chi connectivity index (χ1v) is 46.1. The van der Waals surface area contributed by atoms with Crippen LogP contribution in [0.2, 0.25) is 0 Å². The minimum atomic E-state index is -0.405. The van der Waals surface area contributed by atoms with Crippen LogP contribution in [0.3, 0.4) is 0 Å². The smallest absolute Gasteiger partial charge is 0.410 e. The molecule has 0 bridgehead atoms. The van der Waals surface area contributed by atoms with Crippen LogP contribution in [0.25, 0.3) is 0 Å². The SMILES string of the molecule is CCO.CN(C)CCN1C(=O)CCc2cc([N+](=O)[O-])ccc21.CN(C)CCN1CCCc2cc([N+](=O)[O-])ccc21.CN(CCN1CCCc2cc(N)ccc21)C(=O)Oc1ccccc1.CN(CCN1CCCc2cc(N=C(N)c3cccs3)ccc21)C(=O)Oc1ccccc1.CN(CCN1CCCc2cc([N+](=O)[O-])ccc21)C(=O)Oc1ccccc1.CSC(=N)c1cccs1.I. The molecule has 15 rings (SSSR count). The number of likely N-dealkylation sites (N-methyl/N-ethyl adjacent to an activating group) is 5. The number of nitro groups is 3. The van der Waals surface area contributed by atoms with Gasteiger partial charge in [0.05, 0.1) is 30.2 Å². The average Bonchev–Trinajstić information content (AvgIpc) is 1.50. The van der Waals surface area contributed by atoms with Crippen molar-refractivity contribution in [3.8, 4) is 17.2 Å². The standard InChI is InChI=1S/C24H26N4O2S.C19H21N3O4.C19H23N3O2.C13H17N3O3.C13H19N3O2.C6H7NS2.C2H6O.HI/c1-27(24(29)30-20-8-3-2-4-9-20)14-15-28-13-5-7-18-17-19(11-12-21(18)28)26-23(25)22-10-6-16-31-22;1-20(19(23)26-17-7-3-2-4-8-17)12-13-21-11-5-6-15-14-16(22(24)25)9-10-18(15)21;1-21(19(23)24-17-7-3-2-4-8-17)12-13-22-11-5-6-15-14-16(20)9-10-18(15)22;1-14(2)7-8-15-12-5-4-11(16(18)19)9-10(12)3-6-13(15)17;1-14(2)8-9-15-7-3-4-11-10-12(16(17)18)5-6-13(11)15;1-8-6(7)5-3-2-4-9-5;1-2-3;/h2-4,6,8-12,16-17H,5,7,13-15H2,1H3,(H2,25,26);2-4,7-10,14H,5-6,11-13H2,1H3;2-4,7-10,14H,5-6,11-13,20H2,1H3;4-5,9H,3,6-8H2,1-2H3;5-6,10H,3-4,7-9H2,1-2H3;2-4,7H,1H3;3H,2H2,1H3;1H. The maximum atomic E-state index is 12.3. The van der Waals surface area contributed by atoms with Crippen LogP contribution >= 0.6 is 58.4 Å². The number of nitro benzene ring substituents is 3. The van der Waals surface area contributed by atoms with E-state index in [1.165, 1.54) is 51.3 Å². The maximum Gasteiger partial charge on any atom is 0.415 e. The molecule has 0 unspecified atom stereocenters. The molecule has 10 aromatic rings. The van der Waals surface area contributed by atoms with Crippen molar-refractivity contribution in [3.05, 3.63) is 285 Å². The number of aliphatic hydroxyl groups excluding tert-OH is 1. The number of nitrogens with one attached hydrogen (secondary N) is 1. The van der Waals surface area contributed by atoms with Gasteiger partial charge in [-0.15, -0.1) is 58.4 Å². The summed E-state index contributed by atoms with van der Waals surface area (Å²) in [5.41, 5.74) is 25.0. The minimum Gasteiger partial charge on any atom is -0.410 e. The number of nitrogens with two attached hydrogens (primary N) is 2. The first-order valence-electron chi connectivity index (χ1n) is 43.1. The van der Waals surface area contributed by atoms with E-state index < -0.39 is 11.0 Å². The Bertz CT molecular complexity index is 5360. The molecule has 2 aromatic heterocycles. The number of carbonyl (C=O) groups excluding carboxylic acids is 4. The van der Waals surface area contributed by atoms with Crippen molar-refractivity contribution in [2.45, 2.75) is 71.1 Å². The van der Waals surface area contributed by atoms with E-state index in [9.17, 15) is 49.5 Å². The normalized spacial score (nSPS) is 13.2. The van der Waals surface area contributed by atoms with Crippen LogP contribution in [0.5, 0.6) is 17.2 Å². The number of non-ortho nitro benzene ring substituents is 3. The maximum absolute atomic E-state index is 12.3. The molecule has 5 aliphatic heterocycles. The van der Waals surface area contributed by atoms with Crippen molar-refractivity contribution >= 4 is 150 Å². The highest BCUT2D eigenvalue weighted by atomic mass is 127. The van der Waals surface area contributed by atoms with Crippen LogP contribution in [0.4, 0.5) is 71.3 Å². The zero-order chi connectivity index (χ0) is 93.6. The third-order valence-electron chi connectivity index (χ3n) is 21.5. The Hall–Kier alpha value is -12.3. The molecule has 5 aliphatic rings. The first kappa shape index (κ1) is 104. The summed E-state index contributed by atoms with van der Waals surface area (Å²) in [6.45, 7) is 13.0. The fourth-order valence-electron chi connectivity index (χ4n) is 14.6. The molecule has 0 atom stereocenters. The van der Waals surface area contributed by atoms with Crippen molar-refractivity contribution in [1.29, 1.82) is 5.41 Å². The highest BCUT2D eigenvalue weighted by molar-refractivity contribution is 14.0. The average molecular weight is 1960 g/mol. The monoisotopic (exact) mass is 1960 g/mol. The zero-order valence-electron chi connectivity index (χ0n) is 75.8. The van der Waals surface area contributed by atoms with Crippen molar-refractivity contribution in [2.75, 3.05) is 184 Å². The number of fused-ring (bicyclic) bond motifs is 5. The Labute approximate surface area is 796 Å². The van der Waals surface area contributed by atoms with E-state index in [1.54, 1.807) is 138 Å². The predicted molar refractivity (Wildman–Crippen MR) is 539 cm³/mol. The number of thioether (sulfide) groups is 1. The number of nitrogen functional groups attached to an aromatic ring is 1. The second kappa shape index (κ2) is 53.8. The number of hydrogen-bond acceptors (Lipinski definition) is 26. The van der Waals surface area contributed by atoms with E-state index >= 15 is 0 Å². The molecule has 0 aliphatic carbocycles. The number of amidine groups is 1. The van der Waals surface area contributed by atoms with Crippen LogP contribution in [0.15, 0.2) is 222 Å². The molecule has 0 fully saturated rings. The van der Waals surface area contributed by atoms with Crippen LogP contribution < -0.4 is 50.2 Å². The number of aliphatic imine (C=N–C) groups is 1. The van der Waals surface area contributed by atoms with Gasteiger partial charge in [-0.25, -0.2) is 19.4 Å². The van der Waals surface area contributed by atoms with Crippen molar-refractivity contribution in [3.63, 3.8) is 0 Å². The molecule has 6 N–H and O–H groups in total. The molecular weight excluding hydrogens is 1840 g/mol. The topological polar surface area (TPSA) is 366 Å². The number of para-hydroxylation sites is 3. The number of ether oxygens (including phenoxy) is 3. The molecule has 35 heteroatoms. The summed E-state index contributed by atoms with van der Waals surface area (Å²) in [6, 6.07) is 62.3. The third-order valence-corrected chi connectivity index (χ3v) is 24.0. The fraction of sp³-hybridized carbons (Fsp3) is 0.354. The number of nitrogens with zero attached hydrogens (tertiary/aromatic N) is 14. The number of benzene rings is 8. The Kier molecular flexibility index (Phi) is 42.7. The number of rotatable bonds is 24. The molecule has 4 amide bonds. The molecular formula is C96H120IN17O14S3. The molecule has 0 saturated heterocycles. The van der Waals surface area contributed by atoms with Gasteiger partial charge >= 0.3 is 18.3 Å². The quantitative estimate of drug-likeness (QED) is 0.0109. The number of halogens is 1. The number of aliphatic hydroxyl groups is 1. The van der Waals surface area contributed by atoms with E-state index in [2.05, 4.69) is 67.9 Å². The van der Waals surface area contributed by atoms with Gasteiger partial charge in [-0.05, 0) is 241 Å². The van der Waals surface area contributed by atoms with Gasteiger partial charge in [0.2, 0.25) is 5.91 Å². The zero-order valence-corrected chi connectivity index (χ0v) is 80.5. The number of thiophene rings is 2. The van der Waals surface area contributed by atoms with Crippen LogP contribution in [-0.4, -0.2) is 233 Å². The van der Waals surface area contributed by atoms with Gasteiger partial charge in [0, 0.05) is 196 Å². The number of hydrogen-bond donors (Lipinski definition) is 4. The molecule has 8 aromatic carbocycles. The summed E-state index contributed by atoms with van der Waals surface area (Å²) >= 11 is 4.67. The van der Waals surface area contributed by atoms with Crippen molar-refractivity contribution in [2.24, 2.45) is 10.7 Å². The molecule has 7 heterocycles. The minimum absolute atomic E-state index is 0.